The molecule has 0 N–H and O–H groups in total. The Bertz CT molecular complexity index is 373. The van der Waals surface area contributed by atoms with E-state index >= 15 is 0 Å². The predicted molar refractivity (Wildman–Crippen MR) is 84.1 cm³/mol. The van der Waals surface area contributed by atoms with Gasteiger partial charge in [-0.25, -0.2) is 0 Å². The molecule has 0 heterocycles. The normalized spacial score (nSPS) is 39.5. The van der Waals surface area contributed by atoms with Gasteiger partial charge in [0.05, 0.1) is 0 Å². The van der Waals surface area contributed by atoms with E-state index in [4.69, 9.17) is 0 Å². The Labute approximate surface area is 119 Å². The molecule has 0 spiro atoms. The summed E-state index contributed by atoms with van der Waals surface area (Å²) in [6, 6.07) is 0. The Morgan fingerprint density at radius 1 is 1.29 bits per heavy atom. The summed E-state index contributed by atoms with van der Waals surface area (Å²) < 4.78 is 1.51. The van der Waals surface area contributed by atoms with Gasteiger partial charge < -0.3 is 0 Å². The molecule has 4 unspecified atom stereocenters. The third-order valence-electron chi connectivity index (χ3n) is 4.96. The number of fused-ring (bicyclic) bond motifs is 1. The Hall–Kier alpha value is -0.0500. The minimum atomic E-state index is 0.421. The molecule has 1 heteroatoms. The molecular formula is C16H23I. The van der Waals surface area contributed by atoms with Crippen LogP contribution < -0.4 is 0 Å². The van der Waals surface area contributed by atoms with Gasteiger partial charge in [0.1, 0.15) is 0 Å². The summed E-state index contributed by atoms with van der Waals surface area (Å²) in [5, 5.41) is 0. The zero-order chi connectivity index (χ0) is 12.6. The first-order valence-electron chi connectivity index (χ1n) is 6.64. The first-order chi connectivity index (χ1) is 7.98. The molecule has 0 bridgehead atoms. The molecular weight excluding hydrogens is 319 g/mol. The van der Waals surface area contributed by atoms with Crippen molar-refractivity contribution >= 4 is 22.6 Å². The maximum absolute atomic E-state index is 2.50. The number of rotatable bonds is 2. The lowest BCUT2D eigenvalue weighted by molar-refractivity contribution is 0.196. The highest BCUT2D eigenvalue weighted by molar-refractivity contribution is 14.1. The summed E-state index contributed by atoms with van der Waals surface area (Å²) in [6.07, 6.45) is 12.8. The number of halogens is 1. The third-order valence-corrected chi connectivity index (χ3v) is 6.03. The number of hydrogen-bond donors (Lipinski definition) is 0. The summed E-state index contributed by atoms with van der Waals surface area (Å²) in [5.74, 6) is 3.07. The molecule has 94 valence electrons. The van der Waals surface area contributed by atoms with Crippen LogP contribution >= 0.6 is 22.6 Å². The van der Waals surface area contributed by atoms with Gasteiger partial charge in [0, 0.05) is 0 Å². The molecule has 0 saturated heterocycles. The van der Waals surface area contributed by atoms with Crippen LogP contribution in [-0.2, 0) is 0 Å². The van der Waals surface area contributed by atoms with Crippen LogP contribution in [-0.4, -0.2) is 0 Å². The maximum atomic E-state index is 2.50. The quantitative estimate of drug-likeness (QED) is 0.592. The molecule has 0 nitrogen and oxygen atoms in total. The van der Waals surface area contributed by atoms with Crippen molar-refractivity contribution in [2.45, 2.75) is 34.1 Å². The van der Waals surface area contributed by atoms with E-state index in [1.54, 1.807) is 0 Å². The van der Waals surface area contributed by atoms with E-state index in [1.807, 2.05) is 0 Å². The Kier molecular flexibility index (Phi) is 3.86. The van der Waals surface area contributed by atoms with E-state index in [0.29, 0.717) is 5.41 Å². The fraction of sp³-hybridized carbons (Fsp3) is 0.625. The smallest absolute Gasteiger partial charge is 0.0110 e. The molecule has 2 aliphatic carbocycles. The van der Waals surface area contributed by atoms with Crippen molar-refractivity contribution < 1.29 is 0 Å². The first-order valence-corrected chi connectivity index (χ1v) is 7.72. The van der Waals surface area contributed by atoms with Gasteiger partial charge in [-0.2, -0.15) is 0 Å². The second-order valence-electron chi connectivity index (χ2n) is 6.10. The van der Waals surface area contributed by atoms with Crippen molar-refractivity contribution in [3.63, 3.8) is 0 Å². The third kappa shape index (κ3) is 2.27. The summed E-state index contributed by atoms with van der Waals surface area (Å²) in [6.45, 7) is 9.52. The summed E-state index contributed by atoms with van der Waals surface area (Å²) in [5.41, 5.74) is 0.421. The molecule has 0 aromatic rings. The van der Waals surface area contributed by atoms with Gasteiger partial charge in [-0.1, -0.05) is 51.2 Å². The molecule has 0 amide bonds. The second kappa shape index (κ2) is 4.91. The van der Waals surface area contributed by atoms with Crippen LogP contribution in [0.15, 0.2) is 34.0 Å². The predicted octanol–water partition coefficient (Wildman–Crippen LogP) is 5.37. The zero-order valence-corrected chi connectivity index (χ0v) is 13.4. The molecule has 0 aromatic carbocycles. The second-order valence-corrected chi connectivity index (χ2v) is 7.49. The Morgan fingerprint density at radius 2 is 1.94 bits per heavy atom. The molecule has 0 aromatic heterocycles. The van der Waals surface area contributed by atoms with Crippen molar-refractivity contribution in [1.29, 1.82) is 0 Å². The van der Waals surface area contributed by atoms with Gasteiger partial charge in [0.25, 0.3) is 0 Å². The molecule has 0 aliphatic heterocycles. The average molecular weight is 342 g/mol. The van der Waals surface area contributed by atoms with Crippen LogP contribution in [0.3, 0.4) is 0 Å². The topological polar surface area (TPSA) is 0 Å². The largest absolute Gasteiger partial charge is 0.0805 e. The highest BCUT2D eigenvalue weighted by Gasteiger charge is 2.51. The highest BCUT2D eigenvalue weighted by atomic mass is 127. The van der Waals surface area contributed by atoms with Gasteiger partial charge in [-0.3, -0.25) is 0 Å². The fourth-order valence-corrected chi connectivity index (χ4v) is 4.31. The summed E-state index contributed by atoms with van der Waals surface area (Å²) in [7, 11) is 0. The zero-order valence-electron chi connectivity index (χ0n) is 11.3. The van der Waals surface area contributed by atoms with E-state index in [-0.39, 0.29) is 0 Å². The van der Waals surface area contributed by atoms with Gasteiger partial charge >= 0.3 is 0 Å². The maximum Gasteiger partial charge on any atom is -0.0110 e. The number of allylic oxidation sites excluding steroid dienone is 6. The van der Waals surface area contributed by atoms with Crippen LogP contribution in [0.1, 0.15) is 34.1 Å². The minimum Gasteiger partial charge on any atom is -0.0805 e. The van der Waals surface area contributed by atoms with Crippen molar-refractivity contribution in [3.8, 4) is 0 Å². The molecule has 0 radical (unpaired) electrons. The van der Waals surface area contributed by atoms with Crippen molar-refractivity contribution in [3.05, 3.63) is 34.0 Å². The van der Waals surface area contributed by atoms with Crippen LogP contribution in [0, 0.1) is 29.1 Å². The van der Waals surface area contributed by atoms with E-state index in [9.17, 15) is 0 Å². The van der Waals surface area contributed by atoms with Crippen LogP contribution in [0.5, 0.6) is 0 Å². The van der Waals surface area contributed by atoms with Gasteiger partial charge in [-0.05, 0) is 68.6 Å². The molecule has 1 fully saturated rings. The van der Waals surface area contributed by atoms with Crippen LogP contribution in [0.2, 0.25) is 0 Å². The molecule has 4 atom stereocenters. The lowest BCUT2D eigenvalue weighted by Crippen LogP contribution is -2.26. The van der Waals surface area contributed by atoms with E-state index in [1.165, 1.54) is 10.0 Å². The van der Waals surface area contributed by atoms with E-state index in [0.717, 1.165) is 23.7 Å². The van der Waals surface area contributed by atoms with Crippen molar-refractivity contribution in [2.24, 2.45) is 29.1 Å². The highest BCUT2D eigenvalue weighted by Crippen LogP contribution is 2.58. The van der Waals surface area contributed by atoms with Crippen molar-refractivity contribution in [1.82, 2.24) is 0 Å². The Balaban J connectivity index is 2.28. The van der Waals surface area contributed by atoms with Crippen LogP contribution in [0.25, 0.3) is 0 Å². The standard InChI is InChI=1S/C16H23I/c1-5-12(17)10-15-11(2)13-8-6-7-9-14(13)16(15,3)4/h5-9,11,13-15H,10H2,1-4H3/b12-5+. The summed E-state index contributed by atoms with van der Waals surface area (Å²) >= 11 is 2.50. The fourth-order valence-electron chi connectivity index (χ4n) is 3.84. The van der Waals surface area contributed by atoms with Gasteiger partial charge in [0.15, 0.2) is 0 Å². The molecule has 2 rings (SSSR count). The molecule has 2 aliphatic rings. The average Bonchev–Trinajstić information content (AvgIpc) is 2.51. The lowest BCUT2D eigenvalue weighted by Gasteiger charge is -2.33. The molecule has 1 saturated carbocycles. The minimum absolute atomic E-state index is 0.421. The van der Waals surface area contributed by atoms with Crippen molar-refractivity contribution in [2.75, 3.05) is 0 Å². The van der Waals surface area contributed by atoms with Gasteiger partial charge in [-0.15, -0.1) is 0 Å². The summed E-state index contributed by atoms with van der Waals surface area (Å²) in [4.78, 5) is 0. The number of hydrogen-bond acceptors (Lipinski definition) is 0. The monoisotopic (exact) mass is 342 g/mol. The Morgan fingerprint density at radius 3 is 2.53 bits per heavy atom. The van der Waals surface area contributed by atoms with E-state index in [2.05, 4.69) is 80.7 Å². The van der Waals surface area contributed by atoms with E-state index < -0.39 is 0 Å². The first kappa shape index (κ1) is 13.4. The van der Waals surface area contributed by atoms with Gasteiger partial charge in [0.2, 0.25) is 0 Å². The lowest BCUT2D eigenvalue weighted by atomic mass is 9.72. The SMILES string of the molecule is C/C=C(/I)CC1C(C)C2C=CC=CC2C1(C)C. The van der Waals surface area contributed by atoms with Crippen LogP contribution in [0.4, 0.5) is 0 Å². The molecule has 17 heavy (non-hydrogen) atoms.